The van der Waals surface area contributed by atoms with Gasteiger partial charge in [-0.1, -0.05) is 39.3 Å². The van der Waals surface area contributed by atoms with Crippen LogP contribution in [0.5, 0.6) is 0 Å². The number of allylic oxidation sites excluding steroid dienone is 2. The van der Waals surface area contributed by atoms with Gasteiger partial charge in [-0.2, -0.15) is 0 Å². The Bertz CT molecular complexity index is 753. The van der Waals surface area contributed by atoms with Crippen molar-refractivity contribution in [2.75, 3.05) is 6.54 Å². The Morgan fingerprint density at radius 1 is 1.20 bits per heavy atom. The first-order chi connectivity index (χ1) is 16.0. The normalized spacial score (nSPS) is 21.2. The predicted molar refractivity (Wildman–Crippen MR) is 137 cm³/mol. The number of aliphatic carboxylic acids is 1. The molecule has 8 heteroatoms. The number of rotatable bonds is 12. The molecular weight excluding hydrogens is 448 g/mol. The molecule has 2 amide bonds. The summed E-state index contributed by atoms with van der Waals surface area (Å²) in [6.07, 6.45) is 6.19. The van der Waals surface area contributed by atoms with E-state index < -0.39 is 40.9 Å². The molecule has 0 aromatic heterocycles. The number of unbranched alkanes of at least 4 members (excludes halogenated alkanes) is 1. The molecule has 0 aromatic rings. The number of nitrogens with one attached hydrogen (secondary N) is 1. The van der Waals surface area contributed by atoms with E-state index in [1.54, 1.807) is 4.90 Å². The first-order valence-corrected chi connectivity index (χ1v) is 12.8. The third-order valence-corrected chi connectivity index (χ3v) is 6.14. The molecule has 35 heavy (non-hydrogen) atoms. The van der Waals surface area contributed by atoms with Crippen LogP contribution in [0.3, 0.4) is 0 Å². The molecule has 0 aromatic carbocycles. The van der Waals surface area contributed by atoms with Gasteiger partial charge in [0.05, 0.1) is 18.6 Å². The van der Waals surface area contributed by atoms with Gasteiger partial charge in [0.1, 0.15) is 11.3 Å². The van der Waals surface area contributed by atoms with Gasteiger partial charge in [-0.15, -0.1) is 0 Å². The number of carboxylic acid groups (broad SMARTS) is 1. The van der Waals surface area contributed by atoms with Crippen LogP contribution in [0.4, 0.5) is 4.79 Å². The highest BCUT2D eigenvalue weighted by Crippen LogP contribution is 2.42. The Morgan fingerprint density at radius 3 is 2.34 bits per heavy atom. The van der Waals surface area contributed by atoms with E-state index in [-0.39, 0.29) is 18.2 Å². The first kappa shape index (κ1) is 30.9. The van der Waals surface area contributed by atoms with E-state index in [2.05, 4.69) is 12.2 Å². The fourth-order valence-corrected chi connectivity index (χ4v) is 4.64. The fraction of sp³-hybridized carbons (Fsp3) is 0.815. The lowest BCUT2D eigenvalue weighted by molar-refractivity contribution is -0.139. The summed E-state index contributed by atoms with van der Waals surface area (Å²) in [7, 11) is 0. The van der Waals surface area contributed by atoms with Crippen molar-refractivity contribution in [3.8, 4) is 0 Å². The van der Waals surface area contributed by atoms with Gasteiger partial charge in [-0.3, -0.25) is 14.5 Å². The minimum Gasteiger partial charge on any atom is -0.481 e. The van der Waals surface area contributed by atoms with E-state index in [0.29, 0.717) is 25.8 Å². The van der Waals surface area contributed by atoms with E-state index in [1.807, 2.05) is 67.5 Å². The molecule has 1 saturated heterocycles. The molecule has 202 valence electrons. The largest absolute Gasteiger partial charge is 0.481 e. The van der Waals surface area contributed by atoms with Crippen LogP contribution < -0.4 is 5.32 Å². The van der Waals surface area contributed by atoms with Crippen molar-refractivity contribution >= 4 is 18.0 Å². The number of carboxylic acids is 1. The van der Waals surface area contributed by atoms with Crippen LogP contribution in [0.25, 0.3) is 0 Å². The van der Waals surface area contributed by atoms with Crippen molar-refractivity contribution in [1.82, 2.24) is 10.2 Å². The Kier molecular flexibility index (Phi) is 11.3. The standard InChI is InChI=1S/C27H48N2O6/c1-10-12-14-19(23(32)28-15-13-11-2)16-21-20(17-26(6,7)18-22(30)31)29(27(8,9)34-21)24(33)35-25(3,4)5/h10,12,19-21H,11,13-18H2,1-9H3,(H,28,32)(H,30,31)/t19-,20+,21+/m1/s1. The maximum atomic E-state index is 13.3. The summed E-state index contributed by atoms with van der Waals surface area (Å²) < 4.78 is 12.1. The summed E-state index contributed by atoms with van der Waals surface area (Å²) in [4.78, 5) is 39.5. The molecule has 0 radical (unpaired) electrons. The van der Waals surface area contributed by atoms with Crippen molar-refractivity contribution in [2.24, 2.45) is 11.3 Å². The van der Waals surface area contributed by atoms with Crippen molar-refractivity contribution in [3.63, 3.8) is 0 Å². The number of ether oxygens (including phenoxy) is 2. The number of hydrogen-bond donors (Lipinski definition) is 2. The topological polar surface area (TPSA) is 105 Å². The molecule has 0 unspecified atom stereocenters. The van der Waals surface area contributed by atoms with Gasteiger partial charge in [0.25, 0.3) is 0 Å². The molecule has 2 N–H and O–H groups in total. The zero-order valence-electron chi connectivity index (χ0n) is 23.3. The molecule has 1 aliphatic rings. The Morgan fingerprint density at radius 2 is 1.83 bits per heavy atom. The summed E-state index contributed by atoms with van der Waals surface area (Å²) in [6.45, 7) is 17.4. The minimum absolute atomic E-state index is 0.0304. The van der Waals surface area contributed by atoms with E-state index in [1.165, 1.54) is 0 Å². The van der Waals surface area contributed by atoms with Gasteiger partial charge in [-0.05, 0) is 72.6 Å². The van der Waals surface area contributed by atoms with Crippen LogP contribution >= 0.6 is 0 Å². The average Bonchev–Trinajstić information content (AvgIpc) is 2.91. The van der Waals surface area contributed by atoms with E-state index in [9.17, 15) is 19.5 Å². The molecular formula is C27H48N2O6. The van der Waals surface area contributed by atoms with Crippen LogP contribution in [-0.4, -0.2) is 58.0 Å². The Balaban J connectivity index is 3.32. The zero-order chi connectivity index (χ0) is 27.0. The number of amides is 2. The summed E-state index contributed by atoms with van der Waals surface area (Å²) in [5.74, 6) is -1.25. The third kappa shape index (κ3) is 10.2. The SMILES string of the molecule is CC=CC[C@H](C[C@@H]1OC(C)(C)N(C(=O)OC(C)(C)C)[C@H]1CC(C)(C)CC(=O)O)C(=O)NCCCC. The van der Waals surface area contributed by atoms with Crippen LogP contribution in [-0.2, 0) is 19.1 Å². The molecule has 3 atom stereocenters. The highest BCUT2D eigenvalue weighted by Gasteiger charge is 2.53. The summed E-state index contributed by atoms with van der Waals surface area (Å²) in [5, 5.41) is 12.5. The second-order valence-electron chi connectivity index (χ2n) is 11.8. The van der Waals surface area contributed by atoms with Crippen molar-refractivity contribution in [1.29, 1.82) is 0 Å². The second kappa shape index (κ2) is 12.7. The molecule has 0 spiro atoms. The molecule has 1 rings (SSSR count). The maximum absolute atomic E-state index is 13.3. The first-order valence-electron chi connectivity index (χ1n) is 12.8. The van der Waals surface area contributed by atoms with Crippen LogP contribution in [0.2, 0.25) is 0 Å². The Labute approximate surface area is 211 Å². The number of carbonyl (C=O) groups excluding carboxylic acids is 2. The lowest BCUT2D eigenvalue weighted by atomic mass is 9.79. The zero-order valence-corrected chi connectivity index (χ0v) is 23.3. The second-order valence-corrected chi connectivity index (χ2v) is 11.8. The lowest BCUT2D eigenvalue weighted by Gasteiger charge is -2.38. The van der Waals surface area contributed by atoms with Gasteiger partial charge in [0.2, 0.25) is 5.91 Å². The summed E-state index contributed by atoms with van der Waals surface area (Å²) in [5.41, 5.74) is -2.26. The summed E-state index contributed by atoms with van der Waals surface area (Å²) in [6, 6.07) is -0.439. The quantitative estimate of drug-likeness (QED) is 0.273. The minimum atomic E-state index is -0.971. The number of carbonyl (C=O) groups is 3. The predicted octanol–water partition coefficient (Wildman–Crippen LogP) is 5.51. The highest BCUT2D eigenvalue weighted by molar-refractivity contribution is 5.79. The van der Waals surface area contributed by atoms with Gasteiger partial charge < -0.3 is 19.9 Å². The molecule has 0 saturated carbocycles. The summed E-state index contributed by atoms with van der Waals surface area (Å²) >= 11 is 0. The molecule has 1 heterocycles. The average molecular weight is 497 g/mol. The van der Waals surface area contributed by atoms with Gasteiger partial charge >= 0.3 is 12.1 Å². The smallest absolute Gasteiger partial charge is 0.412 e. The van der Waals surface area contributed by atoms with Gasteiger partial charge in [0, 0.05) is 12.5 Å². The highest BCUT2D eigenvalue weighted by atomic mass is 16.6. The molecule has 0 bridgehead atoms. The van der Waals surface area contributed by atoms with E-state index in [4.69, 9.17) is 9.47 Å². The molecule has 8 nitrogen and oxygen atoms in total. The van der Waals surface area contributed by atoms with Crippen LogP contribution in [0, 0.1) is 11.3 Å². The lowest BCUT2D eigenvalue weighted by Crippen LogP contribution is -2.51. The van der Waals surface area contributed by atoms with Crippen molar-refractivity contribution in [2.45, 2.75) is 124 Å². The Hall–Kier alpha value is -2.09. The monoisotopic (exact) mass is 496 g/mol. The van der Waals surface area contributed by atoms with E-state index in [0.717, 1.165) is 12.8 Å². The van der Waals surface area contributed by atoms with Crippen molar-refractivity contribution < 1.29 is 29.0 Å². The van der Waals surface area contributed by atoms with Gasteiger partial charge in [-0.25, -0.2) is 4.79 Å². The van der Waals surface area contributed by atoms with Crippen LogP contribution in [0.1, 0.15) is 101 Å². The molecule has 0 aliphatic carbocycles. The van der Waals surface area contributed by atoms with Crippen LogP contribution in [0.15, 0.2) is 12.2 Å². The van der Waals surface area contributed by atoms with Crippen molar-refractivity contribution in [3.05, 3.63) is 12.2 Å². The number of nitrogens with zero attached hydrogens (tertiary/aromatic N) is 1. The maximum Gasteiger partial charge on any atom is 0.412 e. The fourth-order valence-electron chi connectivity index (χ4n) is 4.64. The van der Waals surface area contributed by atoms with Gasteiger partial charge in [0.15, 0.2) is 0 Å². The third-order valence-electron chi connectivity index (χ3n) is 6.14. The molecule has 1 fully saturated rings. The molecule has 1 aliphatic heterocycles. The van der Waals surface area contributed by atoms with E-state index >= 15 is 0 Å². The number of hydrogen-bond acceptors (Lipinski definition) is 5.